The molecule has 1 aromatic rings. The molecule has 4 fully saturated rings. The van der Waals surface area contributed by atoms with Crippen molar-refractivity contribution < 1.29 is 9.53 Å². The number of amides is 1. The van der Waals surface area contributed by atoms with Gasteiger partial charge in [-0.2, -0.15) is 0 Å². The Morgan fingerprint density at radius 3 is 2.28 bits per heavy atom. The average Bonchev–Trinajstić information content (AvgIpc) is 3.04. The highest BCUT2D eigenvalue weighted by atomic mass is 16.5. The standard InChI is InChI=1S/C21H30N2O2/c1-21(2,3)20(24)23-13-17(14-5-7-16(25-4)8-6-14)19-18(23)15-9-11-22(19)12-10-15/h5-8,15,17-19H,9-13H2,1-4H3/t17-,18+,19+/m1/s1. The summed E-state index contributed by atoms with van der Waals surface area (Å²) in [6.45, 7) is 9.38. The second kappa shape index (κ2) is 6.01. The molecule has 4 aliphatic heterocycles. The topological polar surface area (TPSA) is 32.8 Å². The third kappa shape index (κ3) is 2.75. The summed E-state index contributed by atoms with van der Waals surface area (Å²) in [5, 5.41) is 0. The Labute approximate surface area is 151 Å². The van der Waals surface area contributed by atoms with E-state index in [2.05, 4.69) is 34.1 Å². The van der Waals surface area contributed by atoms with Gasteiger partial charge in [0.1, 0.15) is 5.75 Å². The van der Waals surface area contributed by atoms with Gasteiger partial charge in [0.25, 0.3) is 0 Å². The number of nitrogens with zero attached hydrogens (tertiary/aromatic N) is 2. The Hall–Kier alpha value is -1.55. The van der Waals surface area contributed by atoms with Gasteiger partial charge in [-0.25, -0.2) is 0 Å². The first-order valence-corrected chi connectivity index (χ1v) is 9.59. The summed E-state index contributed by atoms with van der Waals surface area (Å²) in [6, 6.07) is 9.35. The maximum atomic E-state index is 13.2. The van der Waals surface area contributed by atoms with E-state index in [1.807, 2.05) is 20.8 Å². The van der Waals surface area contributed by atoms with E-state index in [-0.39, 0.29) is 5.41 Å². The van der Waals surface area contributed by atoms with Crippen molar-refractivity contribution in [1.82, 2.24) is 9.80 Å². The molecule has 0 saturated carbocycles. The Kier molecular flexibility index (Phi) is 4.06. The summed E-state index contributed by atoms with van der Waals surface area (Å²) in [5.41, 5.74) is 1.03. The first-order valence-electron chi connectivity index (χ1n) is 9.59. The maximum absolute atomic E-state index is 13.2. The third-order valence-electron chi connectivity index (χ3n) is 6.44. The predicted molar refractivity (Wildman–Crippen MR) is 98.8 cm³/mol. The zero-order valence-electron chi connectivity index (χ0n) is 15.9. The molecule has 0 spiro atoms. The van der Waals surface area contributed by atoms with Gasteiger partial charge in [0.2, 0.25) is 5.91 Å². The van der Waals surface area contributed by atoms with Crippen LogP contribution in [0.2, 0.25) is 0 Å². The van der Waals surface area contributed by atoms with E-state index in [1.54, 1.807) is 7.11 Å². The fourth-order valence-corrected chi connectivity index (χ4v) is 5.23. The van der Waals surface area contributed by atoms with Crippen LogP contribution in [-0.2, 0) is 4.79 Å². The Bertz CT molecular complexity index is 641. The molecule has 0 unspecified atom stereocenters. The summed E-state index contributed by atoms with van der Waals surface area (Å²) < 4.78 is 5.32. The molecule has 4 nitrogen and oxygen atoms in total. The number of ether oxygens (including phenoxy) is 1. The summed E-state index contributed by atoms with van der Waals surface area (Å²) in [7, 11) is 1.70. The number of rotatable bonds is 2. The number of hydrogen-bond donors (Lipinski definition) is 0. The van der Waals surface area contributed by atoms with Crippen LogP contribution in [-0.4, -0.2) is 54.5 Å². The number of hydrogen-bond acceptors (Lipinski definition) is 3. The normalized spacial score (nSPS) is 34.1. The first kappa shape index (κ1) is 16.9. The van der Waals surface area contributed by atoms with Crippen molar-refractivity contribution in [3.05, 3.63) is 29.8 Å². The Morgan fingerprint density at radius 2 is 1.72 bits per heavy atom. The molecular formula is C21H30N2O2. The largest absolute Gasteiger partial charge is 0.497 e. The van der Waals surface area contributed by atoms with E-state index < -0.39 is 0 Å². The number of likely N-dealkylation sites (tertiary alicyclic amines) is 1. The molecule has 4 aliphatic rings. The molecule has 5 rings (SSSR count). The highest BCUT2D eigenvalue weighted by Gasteiger charge is 2.55. The maximum Gasteiger partial charge on any atom is 0.228 e. The minimum atomic E-state index is -0.314. The molecule has 3 atom stereocenters. The van der Waals surface area contributed by atoms with Crippen molar-refractivity contribution in [2.75, 3.05) is 26.7 Å². The molecular weight excluding hydrogens is 312 g/mol. The number of carbonyl (C=O) groups is 1. The SMILES string of the molecule is COc1ccc([C@H]2CN(C(=O)C(C)(C)C)[C@H]3C4CCN(CC4)[C@@H]23)cc1. The lowest BCUT2D eigenvalue weighted by molar-refractivity contribution is -0.144. The Morgan fingerprint density at radius 1 is 1.08 bits per heavy atom. The zero-order valence-corrected chi connectivity index (χ0v) is 15.9. The molecule has 136 valence electrons. The van der Waals surface area contributed by atoms with Crippen molar-refractivity contribution in [3.63, 3.8) is 0 Å². The van der Waals surface area contributed by atoms with Crippen molar-refractivity contribution in [2.24, 2.45) is 11.3 Å². The summed E-state index contributed by atoms with van der Waals surface area (Å²) in [6.07, 6.45) is 2.48. The molecule has 4 heterocycles. The van der Waals surface area contributed by atoms with Gasteiger partial charge < -0.3 is 9.64 Å². The van der Waals surface area contributed by atoms with Gasteiger partial charge >= 0.3 is 0 Å². The molecule has 0 radical (unpaired) electrons. The van der Waals surface area contributed by atoms with Gasteiger partial charge in [0.15, 0.2) is 0 Å². The quantitative estimate of drug-likeness (QED) is 0.828. The van der Waals surface area contributed by atoms with Crippen molar-refractivity contribution in [3.8, 4) is 5.75 Å². The summed E-state index contributed by atoms with van der Waals surface area (Å²) >= 11 is 0. The van der Waals surface area contributed by atoms with Crippen molar-refractivity contribution >= 4 is 5.91 Å². The van der Waals surface area contributed by atoms with Crippen LogP contribution >= 0.6 is 0 Å². The molecule has 4 saturated heterocycles. The van der Waals surface area contributed by atoms with Gasteiger partial charge in [-0.1, -0.05) is 32.9 Å². The average molecular weight is 342 g/mol. The molecule has 0 N–H and O–H groups in total. The van der Waals surface area contributed by atoms with Crippen LogP contribution in [0.3, 0.4) is 0 Å². The lowest BCUT2D eigenvalue weighted by Crippen LogP contribution is -2.61. The van der Waals surface area contributed by atoms with Crippen LogP contribution in [0.1, 0.15) is 45.1 Å². The van der Waals surface area contributed by atoms with E-state index in [9.17, 15) is 4.79 Å². The summed E-state index contributed by atoms with van der Waals surface area (Å²) in [5.74, 6) is 2.29. The number of methoxy groups -OCH3 is 1. The van der Waals surface area contributed by atoms with E-state index in [0.29, 0.717) is 29.8 Å². The fraction of sp³-hybridized carbons (Fsp3) is 0.667. The van der Waals surface area contributed by atoms with Gasteiger partial charge in [0, 0.05) is 23.9 Å². The van der Waals surface area contributed by atoms with Crippen LogP contribution in [0.15, 0.2) is 24.3 Å². The van der Waals surface area contributed by atoms with Gasteiger partial charge in [0.05, 0.1) is 13.2 Å². The number of fused-ring (bicyclic) bond motifs is 2. The van der Waals surface area contributed by atoms with Gasteiger partial charge in [-0.05, 0) is 49.5 Å². The highest BCUT2D eigenvalue weighted by Crippen LogP contribution is 2.47. The molecule has 1 aromatic carbocycles. The molecule has 4 heteroatoms. The van der Waals surface area contributed by atoms with Crippen molar-refractivity contribution in [2.45, 2.75) is 51.6 Å². The second-order valence-corrected chi connectivity index (χ2v) is 8.94. The van der Waals surface area contributed by atoms with Crippen molar-refractivity contribution in [1.29, 1.82) is 0 Å². The monoisotopic (exact) mass is 342 g/mol. The minimum Gasteiger partial charge on any atom is -0.497 e. The Balaban J connectivity index is 1.69. The molecule has 25 heavy (non-hydrogen) atoms. The lowest BCUT2D eigenvalue weighted by atomic mass is 9.75. The minimum absolute atomic E-state index is 0.312. The van der Waals surface area contributed by atoms with E-state index >= 15 is 0 Å². The third-order valence-corrected chi connectivity index (χ3v) is 6.44. The van der Waals surface area contributed by atoms with E-state index in [1.165, 1.54) is 31.5 Å². The second-order valence-electron chi connectivity index (χ2n) is 8.94. The smallest absolute Gasteiger partial charge is 0.228 e. The molecule has 0 aromatic heterocycles. The van der Waals surface area contributed by atoms with Gasteiger partial charge in [-0.15, -0.1) is 0 Å². The summed E-state index contributed by atoms with van der Waals surface area (Å²) in [4.78, 5) is 18.0. The number of benzene rings is 1. The van der Waals surface area contributed by atoms with Crippen LogP contribution in [0.25, 0.3) is 0 Å². The fourth-order valence-electron chi connectivity index (χ4n) is 5.23. The van der Waals surface area contributed by atoms with E-state index in [0.717, 1.165) is 12.3 Å². The molecule has 0 aliphatic carbocycles. The molecule has 2 bridgehead atoms. The lowest BCUT2D eigenvalue weighted by Gasteiger charge is -2.51. The van der Waals surface area contributed by atoms with Crippen LogP contribution in [0.4, 0.5) is 0 Å². The number of carbonyl (C=O) groups excluding carboxylic acids is 1. The van der Waals surface area contributed by atoms with Crippen LogP contribution in [0, 0.1) is 11.3 Å². The highest BCUT2D eigenvalue weighted by molar-refractivity contribution is 5.82. The van der Waals surface area contributed by atoms with E-state index in [4.69, 9.17) is 4.74 Å². The number of piperidine rings is 3. The predicted octanol–water partition coefficient (Wildman–Crippen LogP) is 3.13. The van der Waals surface area contributed by atoms with Crippen LogP contribution in [0.5, 0.6) is 5.75 Å². The first-order chi connectivity index (χ1) is 11.9. The zero-order chi connectivity index (χ0) is 17.8. The molecule has 1 amide bonds. The van der Waals surface area contributed by atoms with Gasteiger partial charge in [-0.3, -0.25) is 9.69 Å². The van der Waals surface area contributed by atoms with Crippen LogP contribution < -0.4 is 4.74 Å².